The number of benzene rings is 2. The van der Waals surface area contributed by atoms with Crippen LogP contribution in [0.1, 0.15) is 5.56 Å². The molecule has 0 saturated carbocycles. The number of alkyl halides is 3. The molecule has 1 nitrogen and oxygen atoms in total. The van der Waals surface area contributed by atoms with Crippen LogP contribution < -0.4 is 4.74 Å². The fourth-order valence-electron chi connectivity index (χ4n) is 1.78. The molecule has 0 aliphatic rings. The van der Waals surface area contributed by atoms with E-state index in [4.69, 9.17) is 11.6 Å². The van der Waals surface area contributed by atoms with Gasteiger partial charge in [0.15, 0.2) is 0 Å². The molecular formula is C14H10ClF3O. The van der Waals surface area contributed by atoms with E-state index in [-0.39, 0.29) is 5.75 Å². The standard InChI is InChI=1S/C14H10ClF3O/c1-9-5-11(7-12(15)6-9)10-3-2-4-13(8-10)19-14(16,17)18/h2-8H,1H3. The van der Waals surface area contributed by atoms with Gasteiger partial charge in [-0.3, -0.25) is 0 Å². The second-order valence-corrected chi connectivity index (χ2v) is 4.53. The maximum absolute atomic E-state index is 12.2. The van der Waals surface area contributed by atoms with Gasteiger partial charge in [-0.1, -0.05) is 29.8 Å². The Hall–Kier alpha value is -1.68. The van der Waals surface area contributed by atoms with Crippen molar-refractivity contribution in [3.05, 3.63) is 53.1 Å². The first-order valence-electron chi connectivity index (χ1n) is 5.47. The minimum absolute atomic E-state index is 0.248. The topological polar surface area (TPSA) is 9.23 Å². The van der Waals surface area contributed by atoms with Crippen molar-refractivity contribution in [3.8, 4) is 16.9 Å². The normalized spacial score (nSPS) is 11.4. The molecule has 100 valence electrons. The largest absolute Gasteiger partial charge is 0.573 e. The van der Waals surface area contributed by atoms with E-state index in [0.29, 0.717) is 10.6 Å². The van der Waals surface area contributed by atoms with E-state index in [1.807, 2.05) is 13.0 Å². The Morgan fingerprint density at radius 1 is 1.00 bits per heavy atom. The maximum Gasteiger partial charge on any atom is 0.573 e. The molecule has 0 atom stereocenters. The third-order valence-corrected chi connectivity index (χ3v) is 2.66. The highest BCUT2D eigenvalue weighted by molar-refractivity contribution is 6.30. The second-order valence-electron chi connectivity index (χ2n) is 4.09. The van der Waals surface area contributed by atoms with Crippen LogP contribution in [0.4, 0.5) is 13.2 Å². The SMILES string of the molecule is Cc1cc(Cl)cc(-c2cccc(OC(F)(F)F)c2)c1. The zero-order chi connectivity index (χ0) is 14.0. The number of ether oxygens (including phenoxy) is 1. The van der Waals surface area contributed by atoms with Crippen molar-refractivity contribution >= 4 is 11.6 Å². The summed E-state index contributed by atoms with van der Waals surface area (Å²) in [4.78, 5) is 0. The van der Waals surface area contributed by atoms with E-state index >= 15 is 0 Å². The zero-order valence-corrected chi connectivity index (χ0v) is 10.7. The fraction of sp³-hybridized carbons (Fsp3) is 0.143. The molecule has 0 radical (unpaired) electrons. The minimum atomic E-state index is -4.69. The van der Waals surface area contributed by atoms with Crippen LogP contribution in [0, 0.1) is 6.92 Å². The number of halogens is 4. The van der Waals surface area contributed by atoms with Gasteiger partial charge in [-0.05, 0) is 47.9 Å². The summed E-state index contributed by atoms with van der Waals surface area (Å²) in [6.07, 6.45) is -4.69. The molecule has 19 heavy (non-hydrogen) atoms. The van der Waals surface area contributed by atoms with Crippen molar-refractivity contribution in [3.63, 3.8) is 0 Å². The summed E-state index contributed by atoms with van der Waals surface area (Å²) in [5.41, 5.74) is 2.30. The number of hydrogen-bond acceptors (Lipinski definition) is 1. The van der Waals surface area contributed by atoms with E-state index in [9.17, 15) is 13.2 Å². The Kier molecular flexibility index (Phi) is 3.71. The van der Waals surface area contributed by atoms with E-state index in [0.717, 1.165) is 11.1 Å². The summed E-state index contributed by atoms with van der Waals surface area (Å²) >= 11 is 5.94. The number of hydrogen-bond donors (Lipinski definition) is 0. The van der Waals surface area contributed by atoms with Crippen molar-refractivity contribution in [1.82, 2.24) is 0 Å². The molecule has 0 bridgehead atoms. The van der Waals surface area contributed by atoms with Crippen LogP contribution in [-0.4, -0.2) is 6.36 Å². The summed E-state index contributed by atoms with van der Waals surface area (Å²) < 4.78 is 40.4. The summed E-state index contributed by atoms with van der Waals surface area (Å²) in [6, 6.07) is 11.1. The van der Waals surface area contributed by atoms with E-state index in [1.165, 1.54) is 18.2 Å². The number of aryl methyl sites for hydroxylation is 1. The molecule has 0 fully saturated rings. The average Bonchev–Trinajstić information content (AvgIpc) is 2.25. The average molecular weight is 287 g/mol. The Balaban J connectivity index is 2.37. The summed E-state index contributed by atoms with van der Waals surface area (Å²) in [7, 11) is 0. The molecule has 0 aliphatic heterocycles. The van der Waals surface area contributed by atoms with Crippen LogP contribution in [0.3, 0.4) is 0 Å². The minimum Gasteiger partial charge on any atom is -0.406 e. The zero-order valence-electron chi connectivity index (χ0n) is 9.96. The molecule has 0 aromatic heterocycles. The van der Waals surface area contributed by atoms with Crippen LogP contribution in [0.5, 0.6) is 5.75 Å². The smallest absolute Gasteiger partial charge is 0.406 e. The van der Waals surface area contributed by atoms with Crippen molar-refractivity contribution in [2.75, 3.05) is 0 Å². The number of rotatable bonds is 2. The molecule has 0 saturated heterocycles. The molecule has 0 heterocycles. The van der Waals surface area contributed by atoms with Crippen LogP contribution in [-0.2, 0) is 0 Å². The van der Waals surface area contributed by atoms with Crippen molar-refractivity contribution in [2.45, 2.75) is 13.3 Å². The quantitative estimate of drug-likeness (QED) is 0.736. The molecule has 0 unspecified atom stereocenters. The summed E-state index contributed by atoms with van der Waals surface area (Å²) in [5, 5.41) is 0.539. The maximum atomic E-state index is 12.2. The highest BCUT2D eigenvalue weighted by atomic mass is 35.5. The van der Waals surface area contributed by atoms with E-state index in [2.05, 4.69) is 4.74 Å². The lowest BCUT2D eigenvalue weighted by Gasteiger charge is -2.10. The Labute approximate surface area is 113 Å². The molecule has 0 amide bonds. The molecule has 5 heteroatoms. The van der Waals surface area contributed by atoms with Gasteiger partial charge in [-0.25, -0.2) is 0 Å². The molecule has 0 aliphatic carbocycles. The highest BCUT2D eigenvalue weighted by Gasteiger charge is 2.31. The summed E-state index contributed by atoms with van der Waals surface area (Å²) in [5.74, 6) is -0.248. The van der Waals surface area contributed by atoms with Crippen molar-refractivity contribution in [2.24, 2.45) is 0 Å². The van der Waals surface area contributed by atoms with Crippen molar-refractivity contribution < 1.29 is 17.9 Å². The van der Waals surface area contributed by atoms with Crippen molar-refractivity contribution in [1.29, 1.82) is 0 Å². The predicted molar refractivity (Wildman–Crippen MR) is 68.3 cm³/mol. The lowest BCUT2D eigenvalue weighted by atomic mass is 10.0. The first-order chi connectivity index (χ1) is 8.83. The highest BCUT2D eigenvalue weighted by Crippen LogP contribution is 2.29. The van der Waals surface area contributed by atoms with E-state index < -0.39 is 6.36 Å². The Morgan fingerprint density at radius 2 is 1.74 bits per heavy atom. The first-order valence-corrected chi connectivity index (χ1v) is 5.85. The molecule has 0 N–H and O–H groups in total. The van der Waals surface area contributed by atoms with Gasteiger partial charge < -0.3 is 4.74 Å². The third kappa shape index (κ3) is 3.89. The molecular weight excluding hydrogens is 277 g/mol. The predicted octanol–water partition coefficient (Wildman–Crippen LogP) is 5.21. The fourth-order valence-corrected chi connectivity index (χ4v) is 2.07. The lowest BCUT2D eigenvalue weighted by Crippen LogP contribution is -2.17. The Bertz CT molecular complexity index is 573. The first kappa shape index (κ1) is 13.7. The Morgan fingerprint density at radius 3 is 2.37 bits per heavy atom. The van der Waals surface area contributed by atoms with Crippen LogP contribution in [0.25, 0.3) is 11.1 Å². The van der Waals surface area contributed by atoms with Crippen LogP contribution >= 0.6 is 11.6 Å². The van der Waals surface area contributed by atoms with Gasteiger partial charge in [-0.2, -0.15) is 0 Å². The van der Waals surface area contributed by atoms with Gasteiger partial charge in [0.05, 0.1) is 0 Å². The van der Waals surface area contributed by atoms with E-state index in [1.54, 1.807) is 18.2 Å². The molecule has 2 aromatic carbocycles. The lowest BCUT2D eigenvalue weighted by molar-refractivity contribution is -0.274. The molecule has 2 rings (SSSR count). The van der Waals surface area contributed by atoms with Gasteiger partial charge in [0.1, 0.15) is 5.75 Å². The third-order valence-electron chi connectivity index (χ3n) is 2.44. The summed E-state index contributed by atoms with van der Waals surface area (Å²) in [6.45, 7) is 1.87. The van der Waals surface area contributed by atoms with Gasteiger partial charge in [0.2, 0.25) is 0 Å². The monoisotopic (exact) mass is 286 g/mol. The molecule has 0 spiro atoms. The van der Waals surface area contributed by atoms with Gasteiger partial charge in [0, 0.05) is 5.02 Å². The van der Waals surface area contributed by atoms with Crippen LogP contribution in [0.2, 0.25) is 5.02 Å². The second kappa shape index (κ2) is 5.13. The molecule has 2 aromatic rings. The van der Waals surface area contributed by atoms with Gasteiger partial charge in [-0.15, -0.1) is 13.2 Å². The van der Waals surface area contributed by atoms with Gasteiger partial charge in [0.25, 0.3) is 0 Å². The van der Waals surface area contributed by atoms with Gasteiger partial charge >= 0.3 is 6.36 Å². The van der Waals surface area contributed by atoms with Crippen LogP contribution in [0.15, 0.2) is 42.5 Å².